The van der Waals surface area contributed by atoms with E-state index in [9.17, 15) is 9.59 Å². The summed E-state index contributed by atoms with van der Waals surface area (Å²) in [6, 6.07) is 19.0. The van der Waals surface area contributed by atoms with Crippen LogP contribution in [0.5, 0.6) is 5.75 Å². The van der Waals surface area contributed by atoms with Gasteiger partial charge in [-0.1, -0.05) is 56.5 Å². The van der Waals surface area contributed by atoms with Crippen molar-refractivity contribution < 1.29 is 14.3 Å². The van der Waals surface area contributed by atoms with Crippen molar-refractivity contribution in [2.24, 2.45) is 0 Å². The van der Waals surface area contributed by atoms with Crippen molar-refractivity contribution in [2.45, 2.75) is 63.2 Å². The van der Waals surface area contributed by atoms with Crippen molar-refractivity contribution in [3.63, 3.8) is 0 Å². The minimum absolute atomic E-state index is 0.0490. The van der Waals surface area contributed by atoms with Crippen molar-refractivity contribution in [3.8, 4) is 16.9 Å². The highest BCUT2D eigenvalue weighted by molar-refractivity contribution is 6.13. The summed E-state index contributed by atoms with van der Waals surface area (Å²) < 4.78 is 5.75. The van der Waals surface area contributed by atoms with Crippen molar-refractivity contribution in [1.29, 1.82) is 0 Å². The second kappa shape index (κ2) is 8.20. The molecule has 2 saturated carbocycles. The van der Waals surface area contributed by atoms with E-state index in [2.05, 4.69) is 43.3 Å². The maximum atomic E-state index is 12.2. The first-order chi connectivity index (χ1) is 15.5. The lowest BCUT2D eigenvalue weighted by Crippen LogP contribution is -2.25. The van der Waals surface area contributed by atoms with Gasteiger partial charge in [0.05, 0.1) is 7.11 Å². The summed E-state index contributed by atoms with van der Waals surface area (Å²) in [4.78, 5) is 24.3. The minimum atomic E-state index is -0.570. The lowest BCUT2D eigenvalue weighted by Gasteiger charge is -2.35. The van der Waals surface area contributed by atoms with E-state index >= 15 is 0 Å². The largest absolute Gasteiger partial charge is 0.496 e. The molecular weight excluding hydrogens is 396 g/mol. The molecule has 164 valence electrons. The van der Waals surface area contributed by atoms with Gasteiger partial charge in [-0.25, -0.2) is 0 Å². The van der Waals surface area contributed by atoms with Crippen LogP contribution < -0.4 is 4.74 Å². The van der Waals surface area contributed by atoms with E-state index in [0.29, 0.717) is 12.8 Å². The Morgan fingerprint density at radius 2 is 1.41 bits per heavy atom. The van der Waals surface area contributed by atoms with Gasteiger partial charge in [-0.05, 0) is 70.0 Å². The number of Topliss-reactive ketones (excluding diaryl/α,β-unsaturated/α-hetero) is 2. The molecule has 2 aliphatic rings. The summed E-state index contributed by atoms with van der Waals surface area (Å²) >= 11 is 0. The fraction of sp³-hybridized carbons (Fsp3) is 0.379. The number of ketones is 2. The Morgan fingerprint density at radius 1 is 0.781 bits per heavy atom. The van der Waals surface area contributed by atoms with Gasteiger partial charge >= 0.3 is 0 Å². The standard InChI is InChI=1S/C29H30O3/c1-29(14-4-3-5-15-29)24-18-22(10-13-27(24)32-2)20-6-7-21-17-23(9-8-19(21)16-20)28-25(30)11-12-26(28)31/h6-10,13,16-18,28H,3-5,11-12,14-15H2,1-2H3. The highest BCUT2D eigenvalue weighted by Gasteiger charge is 2.34. The molecule has 0 spiro atoms. The topological polar surface area (TPSA) is 43.4 Å². The van der Waals surface area contributed by atoms with Crippen LogP contribution in [-0.2, 0) is 15.0 Å². The first-order valence-corrected chi connectivity index (χ1v) is 11.8. The number of fused-ring (bicyclic) bond motifs is 1. The number of rotatable bonds is 4. The fourth-order valence-corrected chi connectivity index (χ4v) is 5.67. The molecule has 0 aliphatic heterocycles. The molecule has 0 N–H and O–H groups in total. The second-order valence-electron chi connectivity index (χ2n) is 9.72. The summed E-state index contributed by atoms with van der Waals surface area (Å²) in [5.74, 6) is 0.509. The molecule has 0 atom stereocenters. The molecule has 0 heterocycles. The van der Waals surface area contributed by atoms with Crippen molar-refractivity contribution in [3.05, 3.63) is 65.7 Å². The molecule has 3 nitrogen and oxygen atoms in total. The Morgan fingerprint density at radius 3 is 2.12 bits per heavy atom. The number of carbonyl (C=O) groups excluding carboxylic acids is 2. The molecule has 5 rings (SSSR count). The molecule has 0 radical (unpaired) electrons. The summed E-state index contributed by atoms with van der Waals surface area (Å²) in [5.41, 5.74) is 4.66. The average molecular weight is 427 g/mol. The molecule has 3 heteroatoms. The molecule has 3 aromatic rings. The van der Waals surface area contributed by atoms with Crippen LogP contribution in [0.2, 0.25) is 0 Å². The van der Waals surface area contributed by atoms with Crippen molar-refractivity contribution in [2.75, 3.05) is 7.11 Å². The Balaban J connectivity index is 1.52. The van der Waals surface area contributed by atoms with Gasteiger partial charge < -0.3 is 4.74 Å². The van der Waals surface area contributed by atoms with Crippen LogP contribution in [0.3, 0.4) is 0 Å². The van der Waals surface area contributed by atoms with E-state index < -0.39 is 5.92 Å². The highest BCUT2D eigenvalue weighted by atomic mass is 16.5. The van der Waals surface area contributed by atoms with Gasteiger partial charge in [0.1, 0.15) is 23.2 Å². The van der Waals surface area contributed by atoms with Gasteiger partial charge in [0.25, 0.3) is 0 Å². The van der Waals surface area contributed by atoms with Gasteiger partial charge in [-0.15, -0.1) is 0 Å². The SMILES string of the molecule is COc1ccc(-c2ccc3cc(C4C(=O)CCC4=O)ccc3c2)cc1C1(C)CCCCC1. The van der Waals surface area contributed by atoms with E-state index in [0.717, 1.165) is 22.1 Å². The molecule has 0 aromatic heterocycles. The molecule has 3 aromatic carbocycles. The maximum Gasteiger partial charge on any atom is 0.148 e. The van der Waals surface area contributed by atoms with Crippen molar-refractivity contribution >= 4 is 22.3 Å². The molecule has 0 bridgehead atoms. The number of hydrogen-bond donors (Lipinski definition) is 0. The summed E-state index contributed by atoms with van der Waals surface area (Å²) in [6.07, 6.45) is 7.01. The van der Waals surface area contributed by atoms with Gasteiger partial charge in [0.2, 0.25) is 0 Å². The van der Waals surface area contributed by atoms with Crippen LogP contribution in [0.4, 0.5) is 0 Å². The Labute approximate surface area is 189 Å². The van der Waals surface area contributed by atoms with E-state index in [1.54, 1.807) is 7.11 Å². The maximum absolute atomic E-state index is 12.2. The molecule has 0 unspecified atom stereocenters. The smallest absolute Gasteiger partial charge is 0.148 e. The second-order valence-corrected chi connectivity index (χ2v) is 9.72. The summed E-state index contributed by atoms with van der Waals surface area (Å²) in [6.45, 7) is 2.38. The van der Waals surface area contributed by atoms with Crippen molar-refractivity contribution in [1.82, 2.24) is 0 Å². The predicted molar refractivity (Wildman–Crippen MR) is 128 cm³/mol. The third-order valence-corrected chi connectivity index (χ3v) is 7.60. The monoisotopic (exact) mass is 426 g/mol. The Bertz CT molecular complexity index is 1180. The zero-order chi connectivity index (χ0) is 22.3. The third-order valence-electron chi connectivity index (χ3n) is 7.60. The van der Waals surface area contributed by atoms with Crippen LogP contribution >= 0.6 is 0 Å². The highest BCUT2D eigenvalue weighted by Crippen LogP contribution is 2.44. The number of carbonyl (C=O) groups is 2. The lowest BCUT2D eigenvalue weighted by atomic mass is 9.70. The van der Waals surface area contributed by atoms with Gasteiger partial charge in [-0.3, -0.25) is 9.59 Å². The van der Waals surface area contributed by atoms with E-state index in [1.807, 2.05) is 18.2 Å². The van der Waals surface area contributed by atoms with E-state index in [4.69, 9.17) is 4.74 Å². The zero-order valence-corrected chi connectivity index (χ0v) is 18.9. The quantitative estimate of drug-likeness (QED) is 0.433. The van der Waals surface area contributed by atoms with Crippen LogP contribution in [-0.4, -0.2) is 18.7 Å². The summed E-state index contributed by atoms with van der Waals surface area (Å²) in [7, 11) is 1.76. The minimum Gasteiger partial charge on any atom is -0.496 e. The summed E-state index contributed by atoms with van der Waals surface area (Å²) in [5, 5.41) is 2.18. The Hall–Kier alpha value is -2.94. The lowest BCUT2D eigenvalue weighted by molar-refractivity contribution is -0.123. The van der Waals surface area contributed by atoms with Gasteiger partial charge in [0.15, 0.2) is 0 Å². The van der Waals surface area contributed by atoms with E-state index in [1.165, 1.54) is 48.8 Å². The number of ether oxygens (including phenoxy) is 1. The first-order valence-electron chi connectivity index (χ1n) is 11.8. The zero-order valence-electron chi connectivity index (χ0n) is 18.9. The first kappa shape index (κ1) is 20.9. The molecule has 32 heavy (non-hydrogen) atoms. The van der Waals surface area contributed by atoms with Gasteiger partial charge in [-0.2, -0.15) is 0 Å². The van der Waals surface area contributed by atoms with Crippen LogP contribution in [0, 0.1) is 0 Å². The normalized spacial score (nSPS) is 18.9. The Kier molecular flexibility index (Phi) is 5.36. The predicted octanol–water partition coefficient (Wildman–Crippen LogP) is 6.75. The number of hydrogen-bond acceptors (Lipinski definition) is 3. The van der Waals surface area contributed by atoms with E-state index in [-0.39, 0.29) is 17.0 Å². The number of methoxy groups -OCH3 is 1. The molecule has 2 aliphatic carbocycles. The average Bonchev–Trinajstić information content (AvgIpc) is 3.16. The number of benzene rings is 3. The molecule has 2 fully saturated rings. The van der Waals surface area contributed by atoms with Crippen LogP contribution in [0.25, 0.3) is 21.9 Å². The molecule has 0 saturated heterocycles. The van der Waals surface area contributed by atoms with Crippen LogP contribution in [0.15, 0.2) is 54.6 Å². The molecular formula is C29H30O3. The molecule has 0 amide bonds. The van der Waals surface area contributed by atoms with Gasteiger partial charge in [0, 0.05) is 18.4 Å². The van der Waals surface area contributed by atoms with Crippen LogP contribution in [0.1, 0.15) is 68.9 Å². The third kappa shape index (κ3) is 3.64. The fourth-order valence-electron chi connectivity index (χ4n) is 5.67.